The topological polar surface area (TPSA) is 204 Å². The second-order valence-corrected chi connectivity index (χ2v) is 14.8. The van der Waals surface area contributed by atoms with E-state index in [0.717, 1.165) is 40.8 Å². The first kappa shape index (κ1) is 42.6. The maximum absolute atomic E-state index is 15.1. The molecule has 0 saturated heterocycles. The number of carbonyl (C=O) groups is 6. The molecule has 14 nitrogen and oxygen atoms in total. The van der Waals surface area contributed by atoms with Crippen molar-refractivity contribution >= 4 is 41.2 Å². The lowest BCUT2D eigenvalue weighted by molar-refractivity contribution is -0.142. The molecule has 0 fully saturated rings. The minimum absolute atomic E-state index is 0.00440. The van der Waals surface area contributed by atoms with E-state index in [1.54, 1.807) is 12.3 Å². The summed E-state index contributed by atoms with van der Waals surface area (Å²) in [7, 11) is 0. The zero-order chi connectivity index (χ0) is 42.3. The van der Waals surface area contributed by atoms with Crippen LogP contribution in [0.3, 0.4) is 0 Å². The van der Waals surface area contributed by atoms with Gasteiger partial charge < -0.3 is 36.0 Å². The number of nitrogens with two attached hydrogens (primary N) is 1. The van der Waals surface area contributed by atoms with Crippen molar-refractivity contribution in [1.29, 1.82) is 0 Å². The molecule has 0 radical (unpaired) electrons. The van der Waals surface area contributed by atoms with Crippen LogP contribution in [0.1, 0.15) is 54.8 Å². The minimum Gasteiger partial charge on any atom is -0.480 e. The Labute approximate surface area is 332 Å². The first-order valence-electron chi connectivity index (χ1n) is 18.3. The largest absolute Gasteiger partial charge is 0.480 e. The van der Waals surface area contributed by atoms with E-state index in [1.165, 1.54) is 29.2 Å². The van der Waals surface area contributed by atoms with Crippen molar-refractivity contribution in [2.75, 3.05) is 24.6 Å². The number of aliphatic hydroxyl groups is 1. The van der Waals surface area contributed by atoms with Crippen LogP contribution in [0, 0.1) is 17.0 Å². The van der Waals surface area contributed by atoms with E-state index in [4.69, 9.17) is 5.73 Å². The lowest BCUT2D eigenvalue weighted by Gasteiger charge is -2.41. The van der Waals surface area contributed by atoms with Gasteiger partial charge in [0.1, 0.15) is 24.3 Å². The monoisotopic (exact) mass is 798 g/mol. The third-order valence-corrected chi connectivity index (χ3v) is 9.51. The molecule has 0 aliphatic carbocycles. The Balaban J connectivity index is 1.33. The average molecular weight is 799 g/mol. The van der Waals surface area contributed by atoms with E-state index >= 15 is 4.39 Å². The first-order chi connectivity index (χ1) is 27.5. The Bertz CT molecular complexity index is 2220. The molecule has 2 heterocycles. The molecule has 16 heteroatoms. The predicted octanol–water partition coefficient (Wildman–Crippen LogP) is 3.54. The fourth-order valence-electron chi connectivity index (χ4n) is 6.73. The number of carboxylic acids is 1. The maximum atomic E-state index is 15.1. The Morgan fingerprint density at radius 1 is 0.914 bits per heavy atom. The molecule has 1 aliphatic rings. The molecular weight excluding hydrogens is 754 g/mol. The van der Waals surface area contributed by atoms with Crippen LogP contribution in [0.4, 0.5) is 14.5 Å². The van der Waals surface area contributed by atoms with E-state index < -0.39 is 83.8 Å². The molecule has 0 saturated carbocycles. The second-order valence-electron chi connectivity index (χ2n) is 14.8. The van der Waals surface area contributed by atoms with Crippen LogP contribution in [-0.4, -0.2) is 87.0 Å². The van der Waals surface area contributed by atoms with Gasteiger partial charge in [0.25, 0.3) is 17.7 Å². The first-order valence-corrected chi connectivity index (χ1v) is 18.3. The Hall–Kier alpha value is -6.52. The highest BCUT2D eigenvalue weighted by Gasteiger charge is 2.38. The molecule has 3 aromatic carbocycles. The molecular formula is C42H44F2N6O8. The number of rotatable bonds is 16. The number of benzene rings is 3. The van der Waals surface area contributed by atoms with Crippen LogP contribution < -0.4 is 21.3 Å². The number of amides is 5. The van der Waals surface area contributed by atoms with E-state index in [1.807, 2.05) is 55.7 Å². The summed E-state index contributed by atoms with van der Waals surface area (Å²) in [5.74, 6) is -6.31. The summed E-state index contributed by atoms with van der Waals surface area (Å²) >= 11 is 0. The summed E-state index contributed by atoms with van der Waals surface area (Å²) in [6.07, 6.45) is 3.65. The number of hydrogen-bond acceptors (Lipinski definition) is 8. The summed E-state index contributed by atoms with van der Waals surface area (Å²) in [6, 6.07) is 15.9. The van der Waals surface area contributed by atoms with Gasteiger partial charge in [-0.25, -0.2) is 18.5 Å². The number of hydrogen-bond donors (Lipinski definition) is 5. The van der Waals surface area contributed by atoms with Gasteiger partial charge in [-0.15, -0.1) is 0 Å². The number of anilines is 1. The Morgan fingerprint density at radius 3 is 2.24 bits per heavy atom. The van der Waals surface area contributed by atoms with Crippen LogP contribution >= 0.6 is 0 Å². The number of carbonyl (C=O) groups excluding carboxylic acids is 5. The van der Waals surface area contributed by atoms with Gasteiger partial charge in [-0.2, -0.15) is 0 Å². The molecule has 0 unspecified atom stereocenters. The van der Waals surface area contributed by atoms with Gasteiger partial charge in [-0.3, -0.25) is 24.0 Å². The molecule has 5 rings (SSSR count). The third-order valence-electron chi connectivity index (χ3n) is 9.51. The van der Waals surface area contributed by atoms with Gasteiger partial charge in [0.05, 0.1) is 17.8 Å². The van der Waals surface area contributed by atoms with Gasteiger partial charge in [0.15, 0.2) is 0 Å². The molecule has 3 atom stereocenters. The van der Waals surface area contributed by atoms with Crippen molar-refractivity contribution in [2.45, 2.75) is 51.9 Å². The third kappa shape index (κ3) is 10.1. The van der Waals surface area contributed by atoms with Crippen LogP contribution in [0.25, 0.3) is 11.1 Å². The maximum Gasteiger partial charge on any atom is 0.328 e. The van der Waals surface area contributed by atoms with Crippen LogP contribution in [-0.2, 0) is 30.5 Å². The Morgan fingerprint density at radius 2 is 1.60 bits per heavy atom. The number of halogens is 2. The van der Waals surface area contributed by atoms with Crippen LogP contribution in [0.2, 0.25) is 0 Å². The molecule has 4 aromatic rings. The molecule has 0 spiro atoms. The standard InChI is InChI=1S/C42H44F2N6O8/c1-42(2,3)38(34-19-27(30-20-28(43)12-13-31(30)44)23-48(34)22-25-8-5-4-6-9-25)49(37(54)24-51)17-16-32(45)40(56)47-33(41(57)58)21-46-39(55)26-10-7-11-29(18-26)50-35(52)14-15-36(50)53/h4-15,18-20,23,32-33,38,51H,16-17,21-22,24,45H2,1-3H3,(H,46,55)(H,47,56)(H,57,58)/t32-,33+,38-/m0/s1. The van der Waals surface area contributed by atoms with Crippen molar-refractivity contribution < 1.29 is 47.8 Å². The molecule has 0 bridgehead atoms. The number of aliphatic carboxylic acids is 1. The highest BCUT2D eigenvalue weighted by molar-refractivity contribution is 6.28. The highest BCUT2D eigenvalue weighted by Crippen LogP contribution is 2.41. The smallest absolute Gasteiger partial charge is 0.328 e. The summed E-state index contributed by atoms with van der Waals surface area (Å²) in [6.45, 7) is 4.21. The molecule has 6 N–H and O–H groups in total. The predicted molar refractivity (Wildman–Crippen MR) is 209 cm³/mol. The molecule has 304 valence electrons. The number of nitrogens with zero attached hydrogens (tertiary/aromatic N) is 3. The van der Waals surface area contributed by atoms with Crippen molar-refractivity contribution in [3.63, 3.8) is 0 Å². The molecule has 58 heavy (non-hydrogen) atoms. The fourth-order valence-corrected chi connectivity index (χ4v) is 6.73. The normalized spacial score (nSPS) is 14.2. The van der Waals surface area contributed by atoms with Crippen molar-refractivity contribution in [3.05, 3.63) is 126 Å². The van der Waals surface area contributed by atoms with Gasteiger partial charge >= 0.3 is 5.97 Å². The SMILES string of the molecule is CC(C)(C)[C@H](c1cc(-c2cc(F)ccc2F)cn1Cc1ccccc1)N(CC[C@H](N)C(=O)N[C@H](CNC(=O)c1cccc(N2C(=O)C=CC2=O)c1)C(=O)O)C(=O)CO. The molecule has 1 aliphatic heterocycles. The number of imide groups is 1. The zero-order valence-corrected chi connectivity index (χ0v) is 32.0. The van der Waals surface area contributed by atoms with Gasteiger partial charge in [-0.05, 0) is 59.9 Å². The minimum atomic E-state index is -1.63. The summed E-state index contributed by atoms with van der Waals surface area (Å²) < 4.78 is 31.2. The van der Waals surface area contributed by atoms with E-state index in [2.05, 4.69) is 10.6 Å². The van der Waals surface area contributed by atoms with Crippen LogP contribution in [0.15, 0.2) is 97.2 Å². The van der Waals surface area contributed by atoms with Crippen molar-refractivity contribution in [1.82, 2.24) is 20.1 Å². The van der Waals surface area contributed by atoms with E-state index in [-0.39, 0.29) is 36.3 Å². The highest BCUT2D eigenvalue weighted by atomic mass is 19.1. The second kappa shape index (κ2) is 18.2. The van der Waals surface area contributed by atoms with E-state index in [0.29, 0.717) is 11.3 Å². The summed E-state index contributed by atoms with van der Waals surface area (Å²) in [5, 5.41) is 24.7. The molecule has 5 amide bonds. The Kier molecular flexibility index (Phi) is 13.3. The quantitative estimate of drug-likeness (QED) is 0.105. The number of nitrogens with one attached hydrogen (secondary N) is 2. The number of aliphatic hydroxyl groups excluding tert-OH is 1. The van der Waals surface area contributed by atoms with Gasteiger partial charge in [-0.1, -0.05) is 57.2 Å². The van der Waals surface area contributed by atoms with Crippen LogP contribution in [0.5, 0.6) is 0 Å². The fraction of sp³-hybridized carbons (Fsp3) is 0.286. The van der Waals surface area contributed by atoms with Gasteiger partial charge in [0.2, 0.25) is 11.8 Å². The zero-order valence-electron chi connectivity index (χ0n) is 32.0. The number of carboxylic acid groups (broad SMARTS) is 1. The van der Waals surface area contributed by atoms with Crippen molar-refractivity contribution in [3.8, 4) is 11.1 Å². The lowest BCUT2D eigenvalue weighted by Crippen LogP contribution is -2.53. The summed E-state index contributed by atoms with van der Waals surface area (Å²) in [5.41, 5.74) is 7.41. The van der Waals surface area contributed by atoms with E-state index in [9.17, 15) is 43.4 Å². The van der Waals surface area contributed by atoms with Gasteiger partial charge in [0, 0.05) is 60.4 Å². The lowest BCUT2D eigenvalue weighted by atomic mass is 9.82. The van der Waals surface area contributed by atoms with Crippen molar-refractivity contribution in [2.24, 2.45) is 11.1 Å². The summed E-state index contributed by atoms with van der Waals surface area (Å²) in [4.78, 5) is 78.3. The number of aromatic nitrogens is 1. The molecule has 1 aromatic heterocycles. The average Bonchev–Trinajstić information content (AvgIpc) is 3.75.